The fourth-order valence-corrected chi connectivity index (χ4v) is 2.86. The van der Waals surface area contributed by atoms with E-state index in [0.29, 0.717) is 12.6 Å². The monoisotopic (exact) mass is 291 g/mol. The summed E-state index contributed by atoms with van der Waals surface area (Å²) in [7, 11) is -1.74. The summed E-state index contributed by atoms with van der Waals surface area (Å²) in [6.07, 6.45) is 3.37. The van der Waals surface area contributed by atoms with Gasteiger partial charge in [0.1, 0.15) is 0 Å². The molecule has 1 saturated carbocycles. The topological polar surface area (TPSA) is 61.4 Å². The highest BCUT2D eigenvalue weighted by Gasteiger charge is 2.27. The van der Waals surface area contributed by atoms with Crippen LogP contribution >= 0.6 is 0 Å². The van der Waals surface area contributed by atoms with Gasteiger partial charge in [0.05, 0.1) is 0 Å². The van der Waals surface area contributed by atoms with Crippen molar-refractivity contribution < 1.29 is 8.42 Å². The molecule has 0 aliphatic heterocycles. The van der Waals surface area contributed by atoms with Gasteiger partial charge in [-0.05, 0) is 38.1 Å². The molecule has 19 heavy (non-hydrogen) atoms. The molecule has 0 saturated heterocycles. The Morgan fingerprint density at radius 1 is 1.32 bits per heavy atom. The van der Waals surface area contributed by atoms with Crippen molar-refractivity contribution in [2.75, 3.05) is 20.1 Å². The highest BCUT2D eigenvalue weighted by molar-refractivity contribution is 7.87. The van der Waals surface area contributed by atoms with Gasteiger partial charge in [0, 0.05) is 25.7 Å². The molecular weight excluding hydrogens is 262 g/mol. The molecular formula is C13H29N3O2S. The van der Waals surface area contributed by atoms with Gasteiger partial charge in [-0.3, -0.25) is 0 Å². The van der Waals surface area contributed by atoms with Crippen LogP contribution in [0.2, 0.25) is 0 Å². The van der Waals surface area contributed by atoms with Gasteiger partial charge in [-0.1, -0.05) is 20.8 Å². The lowest BCUT2D eigenvalue weighted by molar-refractivity contribution is 0.310. The highest BCUT2D eigenvalue weighted by atomic mass is 32.2. The molecule has 5 nitrogen and oxygen atoms in total. The van der Waals surface area contributed by atoms with E-state index in [2.05, 4.69) is 10.0 Å². The first-order valence-electron chi connectivity index (χ1n) is 7.10. The summed E-state index contributed by atoms with van der Waals surface area (Å²) in [4.78, 5) is 0. The van der Waals surface area contributed by atoms with E-state index in [4.69, 9.17) is 0 Å². The lowest BCUT2D eigenvalue weighted by Gasteiger charge is -2.29. The Balaban J connectivity index is 2.33. The smallest absolute Gasteiger partial charge is 0.279 e. The van der Waals surface area contributed by atoms with Crippen LogP contribution in [-0.2, 0) is 10.2 Å². The zero-order chi connectivity index (χ0) is 14.7. The summed E-state index contributed by atoms with van der Waals surface area (Å²) in [6.45, 7) is 9.42. The molecule has 1 atom stereocenters. The Labute approximate surface area is 118 Å². The Hall–Kier alpha value is -0.170. The van der Waals surface area contributed by atoms with Crippen LogP contribution in [0.15, 0.2) is 0 Å². The molecule has 0 aromatic rings. The Kier molecular flexibility index (Phi) is 5.79. The molecule has 0 aromatic carbocycles. The first-order chi connectivity index (χ1) is 8.63. The molecule has 1 rings (SSSR count). The largest absolute Gasteiger partial charge is 0.314 e. The molecule has 0 spiro atoms. The van der Waals surface area contributed by atoms with E-state index in [0.717, 1.165) is 13.0 Å². The van der Waals surface area contributed by atoms with Crippen molar-refractivity contribution in [3.8, 4) is 0 Å². The predicted molar refractivity (Wildman–Crippen MR) is 79.2 cm³/mol. The second-order valence-electron chi connectivity index (χ2n) is 6.61. The zero-order valence-corrected chi connectivity index (χ0v) is 13.7. The van der Waals surface area contributed by atoms with Gasteiger partial charge >= 0.3 is 0 Å². The number of nitrogens with one attached hydrogen (secondary N) is 2. The minimum Gasteiger partial charge on any atom is -0.314 e. The van der Waals surface area contributed by atoms with Crippen LogP contribution in [-0.4, -0.2) is 44.9 Å². The molecule has 1 aliphatic rings. The van der Waals surface area contributed by atoms with Crippen molar-refractivity contribution in [1.29, 1.82) is 0 Å². The first-order valence-corrected chi connectivity index (χ1v) is 8.54. The normalized spacial score (nSPS) is 18.8. The molecule has 0 heterocycles. The van der Waals surface area contributed by atoms with E-state index in [1.54, 1.807) is 7.05 Å². The average molecular weight is 291 g/mol. The molecule has 0 amide bonds. The van der Waals surface area contributed by atoms with Crippen LogP contribution in [0.1, 0.15) is 47.0 Å². The second kappa shape index (κ2) is 6.52. The molecule has 0 bridgehead atoms. The summed E-state index contributed by atoms with van der Waals surface area (Å²) in [6, 6.07) is 0.588. The summed E-state index contributed by atoms with van der Waals surface area (Å²) in [5.74, 6) is 0. The molecule has 6 heteroatoms. The van der Waals surface area contributed by atoms with Gasteiger partial charge < -0.3 is 5.32 Å². The van der Waals surface area contributed by atoms with Crippen molar-refractivity contribution in [2.45, 2.75) is 59.0 Å². The van der Waals surface area contributed by atoms with Gasteiger partial charge in [-0.15, -0.1) is 0 Å². The van der Waals surface area contributed by atoms with E-state index < -0.39 is 10.2 Å². The zero-order valence-electron chi connectivity index (χ0n) is 12.9. The van der Waals surface area contributed by atoms with Crippen LogP contribution in [0.25, 0.3) is 0 Å². The van der Waals surface area contributed by atoms with Crippen molar-refractivity contribution in [1.82, 2.24) is 14.3 Å². The van der Waals surface area contributed by atoms with Gasteiger partial charge in [-0.25, -0.2) is 0 Å². The van der Waals surface area contributed by atoms with Crippen LogP contribution < -0.4 is 10.0 Å². The third kappa shape index (κ3) is 6.21. The van der Waals surface area contributed by atoms with Gasteiger partial charge in [0.25, 0.3) is 10.2 Å². The molecule has 114 valence electrons. The summed E-state index contributed by atoms with van der Waals surface area (Å²) < 4.78 is 28.4. The van der Waals surface area contributed by atoms with Crippen LogP contribution in [0, 0.1) is 5.41 Å². The average Bonchev–Trinajstić information content (AvgIpc) is 3.05. The van der Waals surface area contributed by atoms with Crippen LogP contribution in [0.4, 0.5) is 0 Å². The third-order valence-corrected chi connectivity index (χ3v) is 5.35. The number of hydrogen-bond donors (Lipinski definition) is 2. The fraction of sp³-hybridized carbons (Fsp3) is 1.00. The summed E-state index contributed by atoms with van der Waals surface area (Å²) >= 11 is 0. The van der Waals surface area contributed by atoms with Gasteiger partial charge in [0.2, 0.25) is 0 Å². The lowest BCUT2D eigenvalue weighted by Crippen LogP contribution is -2.47. The van der Waals surface area contributed by atoms with Crippen molar-refractivity contribution in [2.24, 2.45) is 5.41 Å². The Morgan fingerprint density at radius 3 is 2.37 bits per heavy atom. The van der Waals surface area contributed by atoms with E-state index >= 15 is 0 Å². The Morgan fingerprint density at radius 2 is 1.89 bits per heavy atom. The lowest BCUT2D eigenvalue weighted by atomic mass is 9.89. The number of hydrogen-bond acceptors (Lipinski definition) is 3. The second-order valence-corrected chi connectivity index (χ2v) is 8.42. The molecule has 2 N–H and O–H groups in total. The van der Waals surface area contributed by atoms with E-state index in [9.17, 15) is 8.42 Å². The van der Waals surface area contributed by atoms with Crippen molar-refractivity contribution in [3.05, 3.63) is 0 Å². The number of nitrogens with zero attached hydrogens (tertiary/aromatic N) is 1. The summed E-state index contributed by atoms with van der Waals surface area (Å²) in [5, 5.41) is 3.39. The molecule has 1 aliphatic carbocycles. The minimum atomic E-state index is -3.37. The number of rotatable bonds is 8. The third-order valence-electron chi connectivity index (χ3n) is 3.70. The van der Waals surface area contributed by atoms with E-state index in [-0.39, 0.29) is 11.5 Å². The van der Waals surface area contributed by atoms with Gasteiger partial charge in [-0.2, -0.15) is 17.4 Å². The van der Waals surface area contributed by atoms with Gasteiger partial charge in [0.15, 0.2) is 0 Å². The maximum absolute atomic E-state index is 12.1. The minimum absolute atomic E-state index is 0.0819. The SMILES string of the molecule is CC(NS(=O)(=O)N(C)CCCNC1CC1)C(C)(C)C. The summed E-state index contributed by atoms with van der Waals surface area (Å²) in [5.41, 5.74) is -0.0819. The van der Waals surface area contributed by atoms with Crippen LogP contribution in [0.3, 0.4) is 0 Å². The van der Waals surface area contributed by atoms with Crippen molar-refractivity contribution >= 4 is 10.2 Å². The van der Waals surface area contributed by atoms with Crippen molar-refractivity contribution in [3.63, 3.8) is 0 Å². The molecule has 0 radical (unpaired) electrons. The Bertz CT molecular complexity index is 372. The molecule has 1 fully saturated rings. The maximum atomic E-state index is 12.1. The van der Waals surface area contributed by atoms with E-state index in [1.807, 2.05) is 27.7 Å². The fourth-order valence-electron chi connectivity index (χ4n) is 1.51. The molecule has 0 aromatic heterocycles. The highest BCUT2D eigenvalue weighted by Crippen LogP contribution is 2.20. The first kappa shape index (κ1) is 16.9. The van der Waals surface area contributed by atoms with Crippen LogP contribution in [0.5, 0.6) is 0 Å². The maximum Gasteiger partial charge on any atom is 0.279 e. The van der Waals surface area contributed by atoms with E-state index in [1.165, 1.54) is 17.1 Å². The predicted octanol–water partition coefficient (Wildman–Crippen LogP) is 1.33. The quantitative estimate of drug-likeness (QED) is 0.663. The standard InChI is InChI=1S/C13H29N3O2S/c1-11(13(2,3)4)15-19(17,18)16(5)10-6-9-14-12-7-8-12/h11-12,14-15H,6-10H2,1-5H3. The molecule has 1 unspecified atom stereocenters.